The molecule has 6 heteroatoms. The Hall–Kier alpha value is -2.60. The molecule has 2 aliphatic heterocycles. The molecule has 154 valence electrons. The number of nitrogens with zero attached hydrogens (tertiary/aromatic N) is 2. The summed E-state index contributed by atoms with van der Waals surface area (Å²) in [6.45, 7) is 6.27. The minimum Gasteiger partial charge on any atom is -0.493 e. The average Bonchev–Trinajstić information content (AvgIpc) is 2.74. The van der Waals surface area contributed by atoms with Gasteiger partial charge < -0.3 is 14.8 Å². The van der Waals surface area contributed by atoms with Gasteiger partial charge in [0.25, 0.3) is 0 Å². The SMILES string of the molecule is Cc1cccc(OC2CCN([C@H](C)C(=O)N[C@H]3CCOc4ccccc43)CC2)n1. The Balaban J connectivity index is 1.29. The summed E-state index contributed by atoms with van der Waals surface area (Å²) < 4.78 is 11.7. The van der Waals surface area contributed by atoms with Crippen LogP contribution >= 0.6 is 0 Å². The normalized spacial score (nSPS) is 21.0. The van der Waals surface area contributed by atoms with E-state index in [-0.39, 0.29) is 24.1 Å². The standard InChI is InChI=1S/C23H29N3O3/c1-16-6-5-9-22(24-16)29-18-10-13-26(14-11-18)17(2)23(27)25-20-12-15-28-21-8-4-3-7-19(20)21/h3-9,17-18,20H,10-15H2,1-2H3,(H,25,27)/t17-,20+/m1/s1. The van der Waals surface area contributed by atoms with Gasteiger partial charge in [0.2, 0.25) is 11.8 Å². The summed E-state index contributed by atoms with van der Waals surface area (Å²) in [5.41, 5.74) is 2.02. The number of carbonyl (C=O) groups is 1. The fourth-order valence-electron chi connectivity index (χ4n) is 4.09. The first-order chi connectivity index (χ1) is 14.1. The molecule has 0 aliphatic carbocycles. The lowest BCUT2D eigenvalue weighted by atomic mass is 10.00. The maximum absolute atomic E-state index is 12.9. The molecule has 1 fully saturated rings. The van der Waals surface area contributed by atoms with Gasteiger partial charge >= 0.3 is 0 Å². The Bertz CT molecular complexity index is 849. The number of piperidine rings is 1. The van der Waals surface area contributed by atoms with Gasteiger partial charge in [-0.15, -0.1) is 0 Å². The van der Waals surface area contributed by atoms with Gasteiger partial charge in [0.05, 0.1) is 18.7 Å². The molecule has 2 atom stereocenters. The number of benzene rings is 1. The van der Waals surface area contributed by atoms with Crippen molar-refractivity contribution in [2.24, 2.45) is 0 Å². The second-order valence-corrected chi connectivity index (χ2v) is 7.88. The molecular formula is C23H29N3O3. The van der Waals surface area contributed by atoms with Gasteiger partial charge in [-0.25, -0.2) is 4.98 Å². The monoisotopic (exact) mass is 395 g/mol. The zero-order chi connectivity index (χ0) is 20.2. The molecule has 29 heavy (non-hydrogen) atoms. The summed E-state index contributed by atoms with van der Waals surface area (Å²) in [5, 5.41) is 3.23. The first kappa shape index (κ1) is 19.7. The van der Waals surface area contributed by atoms with Gasteiger partial charge in [-0.05, 0) is 38.8 Å². The first-order valence-corrected chi connectivity index (χ1v) is 10.5. The lowest BCUT2D eigenvalue weighted by Gasteiger charge is -2.36. The lowest BCUT2D eigenvalue weighted by Crippen LogP contribution is -2.50. The molecule has 0 radical (unpaired) electrons. The van der Waals surface area contributed by atoms with E-state index >= 15 is 0 Å². The van der Waals surface area contributed by atoms with E-state index in [9.17, 15) is 4.79 Å². The molecule has 0 bridgehead atoms. The summed E-state index contributed by atoms with van der Waals surface area (Å²) in [5.74, 6) is 1.64. The zero-order valence-electron chi connectivity index (χ0n) is 17.1. The minimum absolute atomic E-state index is 0.0168. The smallest absolute Gasteiger partial charge is 0.237 e. The van der Waals surface area contributed by atoms with Crippen molar-refractivity contribution in [2.75, 3.05) is 19.7 Å². The highest BCUT2D eigenvalue weighted by molar-refractivity contribution is 5.82. The third-order valence-electron chi connectivity index (χ3n) is 5.83. The third-order valence-corrected chi connectivity index (χ3v) is 5.83. The topological polar surface area (TPSA) is 63.7 Å². The van der Waals surface area contributed by atoms with E-state index in [1.165, 1.54) is 0 Å². The maximum Gasteiger partial charge on any atom is 0.237 e. The van der Waals surface area contributed by atoms with Crippen LogP contribution in [0.3, 0.4) is 0 Å². The van der Waals surface area contributed by atoms with Crippen LogP contribution in [0.5, 0.6) is 11.6 Å². The Morgan fingerprint density at radius 2 is 1.97 bits per heavy atom. The maximum atomic E-state index is 12.9. The van der Waals surface area contributed by atoms with E-state index in [0.29, 0.717) is 12.5 Å². The largest absolute Gasteiger partial charge is 0.493 e. The molecule has 0 unspecified atom stereocenters. The summed E-state index contributed by atoms with van der Waals surface area (Å²) in [4.78, 5) is 19.6. The zero-order valence-corrected chi connectivity index (χ0v) is 17.1. The minimum atomic E-state index is -0.164. The second-order valence-electron chi connectivity index (χ2n) is 7.88. The molecule has 0 saturated carbocycles. The van der Waals surface area contributed by atoms with E-state index in [0.717, 1.165) is 49.4 Å². The summed E-state index contributed by atoms with van der Waals surface area (Å²) in [6, 6.07) is 13.6. The Morgan fingerprint density at radius 1 is 1.17 bits per heavy atom. The highest BCUT2D eigenvalue weighted by atomic mass is 16.5. The number of carbonyl (C=O) groups excluding carboxylic acids is 1. The molecule has 2 aromatic rings. The van der Waals surface area contributed by atoms with Crippen molar-refractivity contribution < 1.29 is 14.3 Å². The fourth-order valence-corrected chi connectivity index (χ4v) is 4.09. The van der Waals surface area contributed by atoms with E-state index in [4.69, 9.17) is 9.47 Å². The predicted octanol–water partition coefficient (Wildman–Crippen LogP) is 3.26. The summed E-state index contributed by atoms with van der Waals surface area (Å²) in [7, 11) is 0. The molecular weight excluding hydrogens is 366 g/mol. The molecule has 1 N–H and O–H groups in total. The van der Waals surface area contributed by atoms with Crippen LogP contribution in [-0.4, -0.2) is 47.6 Å². The van der Waals surface area contributed by atoms with Crippen molar-refractivity contribution >= 4 is 5.91 Å². The van der Waals surface area contributed by atoms with Crippen molar-refractivity contribution in [3.05, 3.63) is 53.7 Å². The summed E-state index contributed by atoms with van der Waals surface area (Å²) >= 11 is 0. The number of ether oxygens (including phenoxy) is 2. The van der Waals surface area contributed by atoms with Crippen molar-refractivity contribution in [3.63, 3.8) is 0 Å². The third kappa shape index (κ3) is 4.70. The van der Waals surface area contributed by atoms with Gasteiger partial charge in [0.15, 0.2) is 0 Å². The van der Waals surface area contributed by atoms with E-state index < -0.39 is 0 Å². The van der Waals surface area contributed by atoms with Crippen LogP contribution in [0, 0.1) is 6.92 Å². The number of aromatic nitrogens is 1. The number of rotatable bonds is 5. The van der Waals surface area contributed by atoms with Crippen molar-refractivity contribution in [1.82, 2.24) is 15.2 Å². The van der Waals surface area contributed by atoms with Crippen LogP contribution in [0.15, 0.2) is 42.5 Å². The highest BCUT2D eigenvalue weighted by Gasteiger charge is 2.30. The lowest BCUT2D eigenvalue weighted by molar-refractivity contribution is -0.127. The summed E-state index contributed by atoms with van der Waals surface area (Å²) in [6.07, 6.45) is 2.74. The van der Waals surface area contributed by atoms with Gasteiger partial charge in [-0.2, -0.15) is 0 Å². The number of likely N-dealkylation sites (tertiary alicyclic amines) is 1. The number of nitrogens with one attached hydrogen (secondary N) is 1. The molecule has 0 spiro atoms. The van der Waals surface area contributed by atoms with Gasteiger partial charge in [0, 0.05) is 36.8 Å². The molecule has 2 aliphatic rings. The van der Waals surface area contributed by atoms with E-state index in [1.54, 1.807) is 0 Å². The van der Waals surface area contributed by atoms with Gasteiger partial charge in [0.1, 0.15) is 11.9 Å². The number of amides is 1. The van der Waals surface area contributed by atoms with Crippen molar-refractivity contribution in [3.8, 4) is 11.6 Å². The molecule has 6 nitrogen and oxygen atoms in total. The van der Waals surface area contributed by atoms with Crippen LogP contribution in [0.1, 0.15) is 43.5 Å². The Kier molecular flexibility index (Phi) is 6.00. The molecule has 1 amide bonds. The molecule has 3 heterocycles. The van der Waals surface area contributed by atoms with Crippen LogP contribution in [-0.2, 0) is 4.79 Å². The van der Waals surface area contributed by atoms with Gasteiger partial charge in [-0.1, -0.05) is 24.3 Å². The molecule has 4 rings (SSSR count). The number of para-hydroxylation sites is 1. The molecule has 1 saturated heterocycles. The predicted molar refractivity (Wildman–Crippen MR) is 111 cm³/mol. The van der Waals surface area contributed by atoms with E-state index in [1.807, 2.05) is 56.3 Å². The highest BCUT2D eigenvalue weighted by Crippen LogP contribution is 2.31. The number of fused-ring (bicyclic) bond motifs is 1. The Morgan fingerprint density at radius 3 is 2.76 bits per heavy atom. The number of aryl methyl sites for hydroxylation is 1. The van der Waals surface area contributed by atoms with Crippen molar-refractivity contribution in [2.45, 2.75) is 51.3 Å². The average molecular weight is 396 g/mol. The first-order valence-electron chi connectivity index (χ1n) is 10.5. The molecule has 1 aromatic heterocycles. The quantitative estimate of drug-likeness (QED) is 0.842. The van der Waals surface area contributed by atoms with Gasteiger partial charge in [-0.3, -0.25) is 9.69 Å². The number of pyridine rings is 1. The molecule has 1 aromatic carbocycles. The van der Waals surface area contributed by atoms with E-state index in [2.05, 4.69) is 15.2 Å². The fraction of sp³-hybridized carbons (Fsp3) is 0.478. The Labute approximate surface area is 172 Å². The number of hydrogen-bond donors (Lipinski definition) is 1. The number of hydrogen-bond acceptors (Lipinski definition) is 5. The van der Waals surface area contributed by atoms with Crippen LogP contribution in [0.4, 0.5) is 0 Å². The second kappa shape index (κ2) is 8.82. The van der Waals surface area contributed by atoms with Crippen molar-refractivity contribution in [1.29, 1.82) is 0 Å². The van der Waals surface area contributed by atoms with Crippen LogP contribution in [0.2, 0.25) is 0 Å². The van der Waals surface area contributed by atoms with Crippen LogP contribution < -0.4 is 14.8 Å². The van der Waals surface area contributed by atoms with Crippen LogP contribution in [0.25, 0.3) is 0 Å².